The number of hydrogen-bond acceptors (Lipinski definition) is 2. The van der Waals surface area contributed by atoms with Crippen LogP contribution in [0.5, 0.6) is 0 Å². The highest BCUT2D eigenvalue weighted by atomic mass is 19.2. The van der Waals surface area contributed by atoms with Crippen LogP contribution in [-0.2, 0) is 6.54 Å². The summed E-state index contributed by atoms with van der Waals surface area (Å²) >= 11 is 0. The standard InChI is InChI=1S/C13H17F3N2/c1-18(8-10-3-2-4-17-10)7-9-5-12(15)13(16)6-11(9)14/h5-6,10,17H,2-4,7-8H2,1H3. The van der Waals surface area contributed by atoms with Gasteiger partial charge in [0.25, 0.3) is 0 Å². The molecule has 0 bridgehead atoms. The van der Waals surface area contributed by atoms with Crippen LogP contribution < -0.4 is 5.32 Å². The Labute approximate surface area is 105 Å². The second-order valence-electron chi connectivity index (χ2n) is 4.85. The van der Waals surface area contributed by atoms with E-state index in [0.717, 1.165) is 32.0 Å². The first-order valence-electron chi connectivity index (χ1n) is 6.11. The van der Waals surface area contributed by atoms with Crippen LogP contribution in [0, 0.1) is 17.5 Å². The van der Waals surface area contributed by atoms with Gasteiger partial charge in [-0.15, -0.1) is 0 Å². The quantitative estimate of drug-likeness (QED) is 0.834. The molecule has 1 fully saturated rings. The average Bonchev–Trinajstić information content (AvgIpc) is 2.78. The minimum Gasteiger partial charge on any atom is -0.313 e. The number of halogens is 3. The van der Waals surface area contributed by atoms with Crippen LogP contribution in [0.4, 0.5) is 13.2 Å². The Morgan fingerprint density at radius 3 is 2.61 bits per heavy atom. The summed E-state index contributed by atoms with van der Waals surface area (Å²) < 4.78 is 39.3. The summed E-state index contributed by atoms with van der Waals surface area (Å²) in [6, 6.07) is 1.94. The monoisotopic (exact) mass is 258 g/mol. The van der Waals surface area contributed by atoms with Crippen LogP contribution in [0.2, 0.25) is 0 Å². The number of rotatable bonds is 4. The van der Waals surface area contributed by atoms with Crippen LogP contribution in [0.15, 0.2) is 12.1 Å². The Hall–Kier alpha value is -1.07. The molecule has 1 unspecified atom stereocenters. The van der Waals surface area contributed by atoms with E-state index in [9.17, 15) is 13.2 Å². The SMILES string of the molecule is CN(Cc1cc(F)c(F)cc1F)CC1CCCN1. The zero-order chi connectivity index (χ0) is 13.1. The van der Waals surface area contributed by atoms with E-state index in [1.807, 2.05) is 11.9 Å². The molecule has 1 heterocycles. The van der Waals surface area contributed by atoms with Crippen molar-refractivity contribution in [1.29, 1.82) is 0 Å². The molecule has 0 spiro atoms. The van der Waals surface area contributed by atoms with Crippen LogP contribution >= 0.6 is 0 Å². The third-order valence-electron chi connectivity index (χ3n) is 3.22. The van der Waals surface area contributed by atoms with Gasteiger partial charge in [-0.1, -0.05) is 0 Å². The molecule has 1 atom stereocenters. The van der Waals surface area contributed by atoms with Gasteiger partial charge in [0.05, 0.1) is 0 Å². The van der Waals surface area contributed by atoms with Gasteiger partial charge in [-0.05, 0) is 32.5 Å². The molecule has 18 heavy (non-hydrogen) atoms. The van der Waals surface area contributed by atoms with Crippen LogP contribution in [0.3, 0.4) is 0 Å². The number of likely N-dealkylation sites (N-methyl/N-ethyl adjacent to an activating group) is 1. The summed E-state index contributed by atoms with van der Waals surface area (Å²) in [5.41, 5.74) is 0.189. The molecule has 1 aliphatic heterocycles. The topological polar surface area (TPSA) is 15.3 Å². The van der Waals surface area contributed by atoms with E-state index in [1.54, 1.807) is 0 Å². The maximum Gasteiger partial charge on any atom is 0.161 e. The molecule has 0 aliphatic carbocycles. The van der Waals surface area contributed by atoms with E-state index in [0.29, 0.717) is 12.1 Å². The van der Waals surface area contributed by atoms with E-state index in [2.05, 4.69) is 5.32 Å². The van der Waals surface area contributed by atoms with Gasteiger partial charge in [0, 0.05) is 30.8 Å². The van der Waals surface area contributed by atoms with Crippen LogP contribution in [0.25, 0.3) is 0 Å². The van der Waals surface area contributed by atoms with Crippen molar-refractivity contribution in [3.05, 3.63) is 35.1 Å². The lowest BCUT2D eigenvalue weighted by Crippen LogP contribution is -2.35. The van der Waals surface area contributed by atoms with Crippen molar-refractivity contribution in [2.45, 2.75) is 25.4 Å². The van der Waals surface area contributed by atoms with E-state index in [4.69, 9.17) is 0 Å². The minimum atomic E-state index is -1.14. The molecule has 5 heteroatoms. The molecular formula is C13H17F3N2. The maximum absolute atomic E-state index is 13.5. The highest BCUT2D eigenvalue weighted by molar-refractivity contribution is 5.20. The summed E-state index contributed by atoms with van der Waals surface area (Å²) in [5.74, 6) is -2.84. The molecule has 0 aromatic heterocycles. The fraction of sp³-hybridized carbons (Fsp3) is 0.538. The Kier molecular flexibility index (Phi) is 4.24. The molecular weight excluding hydrogens is 241 g/mol. The highest BCUT2D eigenvalue weighted by Crippen LogP contribution is 2.16. The fourth-order valence-corrected chi connectivity index (χ4v) is 2.33. The first-order chi connectivity index (χ1) is 8.56. The summed E-state index contributed by atoms with van der Waals surface area (Å²) in [6.07, 6.45) is 2.25. The second kappa shape index (κ2) is 5.71. The van der Waals surface area contributed by atoms with Crippen LogP contribution in [-0.4, -0.2) is 31.1 Å². The van der Waals surface area contributed by atoms with Gasteiger partial charge < -0.3 is 10.2 Å². The zero-order valence-electron chi connectivity index (χ0n) is 10.3. The number of hydrogen-bond donors (Lipinski definition) is 1. The lowest BCUT2D eigenvalue weighted by atomic mass is 10.1. The van der Waals surface area contributed by atoms with Crippen molar-refractivity contribution in [2.24, 2.45) is 0 Å². The molecule has 0 amide bonds. The Morgan fingerprint density at radius 2 is 1.94 bits per heavy atom. The highest BCUT2D eigenvalue weighted by Gasteiger charge is 2.17. The van der Waals surface area contributed by atoms with Gasteiger partial charge >= 0.3 is 0 Å². The predicted octanol–water partition coefficient (Wildman–Crippen LogP) is 2.29. The normalized spacial score (nSPS) is 19.7. The lowest BCUT2D eigenvalue weighted by Gasteiger charge is -2.21. The van der Waals surface area contributed by atoms with E-state index in [-0.39, 0.29) is 12.1 Å². The molecule has 0 radical (unpaired) electrons. The van der Waals surface area contributed by atoms with Crippen molar-refractivity contribution in [3.63, 3.8) is 0 Å². The van der Waals surface area contributed by atoms with Gasteiger partial charge in [0.1, 0.15) is 5.82 Å². The van der Waals surface area contributed by atoms with E-state index in [1.165, 1.54) is 0 Å². The molecule has 1 aromatic carbocycles. The molecule has 100 valence electrons. The Morgan fingerprint density at radius 1 is 1.22 bits per heavy atom. The van der Waals surface area contributed by atoms with Crippen LogP contribution in [0.1, 0.15) is 18.4 Å². The first kappa shape index (κ1) is 13.4. The van der Waals surface area contributed by atoms with Crippen molar-refractivity contribution < 1.29 is 13.2 Å². The minimum absolute atomic E-state index is 0.189. The molecule has 1 aliphatic rings. The third kappa shape index (κ3) is 3.23. The molecule has 1 saturated heterocycles. The molecule has 0 saturated carbocycles. The summed E-state index contributed by atoms with van der Waals surface area (Å²) in [5, 5.41) is 3.34. The molecule has 1 aromatic rings. The van der Waals surface area contributed by atoms with E-state index >= 15 is 0 Å². The lowest BCUT2D eigenvalue weighted by molar-refractivity contribution is 0.288. The first-order valence-corrected chi connectivity index (χ1v) is 6.11. The van der Waals surface area contributed by atoms with Gasteiger partial charge in [0.2, 0.25) is 0 Å². The second-order valence-corrected chi connectivity index (χ2v) is 4.85. The number of nitrogens with zero attached hydrogens (tertiary/aromatic N) is 1. The summed E-state index contributed by atoms with van der Waals surface area (Å²) in [6.45, 7) is 2.07. The Balaban J connectivity index is 1.97. The smallest absolute Gasteiger partial charge is 0.161 e. The largest absolute Gasteiger partial charge is 0.313 e. The van der Waals surface area contributed by atoms with Gasteiger partial charge in [-0.2, -0.15) is 0 Å². The van der Waals surface area contributed by atoms with Gasteiger partial charge in [-0.25, -0.2) is 13.2 Å². The van der Waals surface area contributed by atoms with Gasteiger partial charge in [-0.3, -0.25) is 0 Å². The molecule has 1 N–H and O–H groups in total. The third-order valence-corrected chi connectivity index (χ3v) is 3.22. The number of nitrogens with one attached hydrogen (secondary N) is 1. The summed E-state index contributed by atoms with van der Waals surface area (Å²) in [7, 11) is 1.85. The molecule has 2 nitrogen and oxygen atoms in total. The maximum atomic E-state index is 13.5. The Bertz CT molecular complexity index is 417. The zero-order valence-corrected chi connectivity index (χ0v) is 10.3. The van der Waals surface area contributed by atoms with E-state index < -0.39 is 17.5 Å². The fourth-order valence-electron chi connectivity index (χ4n) is 2.33. The molecule has 2 rings (SSSR count). The summed E-state index contributed by atoms with van der Waals surface area (Å²) in [4.78, 5) is 1.92. The van der Waals surface area contributed by atoms with Crippen molar-refractivity contribution in [3.8, 4) is 0 Å². The van der Waals surface area contributed by atoms with Crippen molar-refractivity contribution in [2.75, 3.05) is 20.1 Å². The van der Waals surface area contributed by atoms with Gasteiger partial charge in [0.15, 0.2) is 11.6 Å². The van der Waals surface area contributed by atoms with Crippen molar-refractivity contribution in [1.82, 2.24) is 10.2 Å². The number of benzene rings is 1. The predicted molar refractivity (Wildman–Crippen MR) is 63.7 cm³/mol. The average molecular weight is 258 g/mol. The van der Waals surface area contributed by atoms with Crippen molar-refractivity contribution >= 4 is 0 Å².